The van der Waals surface area contributed by atoms with Crippen LogP contribution in [-0.4, -0.2) is 55.7 Å². The summed E-state index contributed by atoms with van der Waals surface area (Å²) in [5, 5.41) is 8.83. The summed E-state index contributed by atoms with van der Waals surface area (Å²) in [6.45, 7) is 5.44. The minimum Gasteiger partial charge on any atom is -0.372 e. The lowest BCUT2D eigenvalue weighted by atomic mass is 9.86. The van der Waals surface area contributed by atoms with Gasteiger partial charge < -0.3 is 15.0 Å². The van der Waals surface area contributed by atoms with E-state index >= 15 is 0 Å². The molecule has 1 N–H and O–H groups in total. The number of aryl methyl sites for hydroxylation is 1. The summed E-state index contributed by atoms with van der Waals surface area (Å²) in [5.41, 5.74) is 3.27. The minimum absolute atomic E-state index is 0.0247. The molecule has 8 nitrogen and oxygen atoms in total. The average molecular weight is 463 g/mol. The Hall–Kier alpha value is -3.04. The number of anilines is 2. The maximum absolute atomic E-state index is 13.3. The van der Waals surface area contributed by atoms with Crippen LogP contribution in [0, 0.1) is 5.92 Å². The van der Waals surface area contributed by atoms with Crippen molar-refractivity contribution in [1.29, 1.82) is 0 Å². The molecule has 33 heavy (non-hydrogen) atoms. The van der Waals surface area contributed by atoms with Crippen LogP contribution in [-0.2, 0) is 22.4 Å². The van der Waals surface area contributed by atoms with Crippen molar-refractivity contribution in [3.05, 3.63) is 47.4 Å². The van der Waals surface area contributed by atoms with E-state index in [1.54, 1.807) is 23.9 Å². The zero-order chi connectivity index (χ0) is 22.5. The van der Waals surface area contributed by atoms with Gasteiger partial charge in [0.1, 0.15) is 17.0 Å². The first-order valence-corrected chi connectivity index (χ1v) is 12.3. The van der Waals surface area contributed by atoms with Crippen LogP contribution in [0.3, 0.4) is 0 Å². The average Bonchev–Trinajstić information content (AvgIpc) is 3.41. The van der Waals surface area contributed by atoms with Crippen LogP contribution in [0.15, 0.2) is 36.9 Å². The molecule has 9 heteroatoms. The maximum atomic E-state index is 13.3. The van der Waals surface area contributed by atoms with Crippen molar-refractivity contribution in [3.63, 3.8) is 0 Å². The van der Waals surface area contributed by atoms with E-state index in [9.17, 15) is 4.79 Å². The molecule has 0 unspecified atom stereocenters. The highest BCUT2D eigenvalue weighted by atomic mass is 32.1. The molecule has 1 aliphatic heterocycles. The third-order valence-corrected chi connectivity index (χ3v) is 7.75. The summed E-state index contributed by atoms with van der Waals surface area (Å²) in [6.07, 6.45) is 8.01. The molecule has 1 saturated heterocycles. The standard InChI is InChI=1S/C24H26N6O2S/c1-14-11-29(12-15(2)32-14)24(31)16-3-4-19-20(9-16)33-23-21(19)22(25-13-26-23)28-17-6-8-30-18(10-17)5-7-27-30/h5-8,10,13-16H,3-4,9,11-12H2,1-2H3,(H,25,26,28)/t14-,15+,16-/m0/s1. The minimum atomic E-state index is 0.0247. The number of ether oxygens (including phenoxy) is 1. The lowest BCUT2D eigenvalue weighted by Gasteiger charge is -2.37. The largest absolute Gasteiger partial charge is 0.372 e. The van der Waals surface area contributed by atoms with Gasteiger partial charge >= 0.3 is 0 Å². The number of rotatable bonds is 3. The number of fused-ring (bicyclic) bond motifs is 4. The summed E-state index contributed by atoms with van der Waals surface area (Å²) in [4.78, 5) is 26.6. The Morgan fingerprint density at radius 1 is 1.21 bits per heavy atom. The Morgan fingerprint density at radius 3 is 2.91 bits per heavy atom. The van der Waals surface area contributed by atoms with Crippen LogP contribution in [0.5, 0.6) is 0 Å². The van der Waals surface area contributed by atoms with Crippen LogP contribution in [0.4, 0.5) is 11.5 Å². The molecule has 0 bridgehead atoms. The number of amides is 1. The second kappa shape index (κ2) is 8.07. The molecule has 0 saturated carbocycles. The Labute approximate surface area is 195 Å². The topological polar surface area (TPSA) is 84.7 Å². The first-order valence-electron chi connectivity index (χ1n) is 11.4. The molecular formula is C24H26N6O2S. The van der Waals surface area contributed by atoms with E-state index in [1.807, 2.05) is 41.6 Å². The Balaban J connectivity index is 1.27. The lowest BCUT2D eigenvalue weighted by molar-refractivity contribution is -0.147. The van der Waals surface area contributed by atoms with E-state index in [0.717, 1.165) is 46.5 Å². The molecule has 1 fully saturated rings. The third kappa shape index (κ3) is 3.75. The number of pyridine rings is 1. The highest BCUT2D eigenvalue weighted by Gasteiger charge is 2.34. The van der Waals surface area contributed by atoms with Crippen LogP contribution >= 0.6 is 11.3 Å². The first-order chi connectivity index (χ1) is 16.0. The molecule has 0 spiro atoms. The normalized spacial score (nSPS) is 23.1. The number of carbonyl (C=O) groups excluding carboxylic acids is 1. The fourth-order valence-electron chi connectivity index (χ4n) is 5.17. The van der Waals surface area contributed by atoms with Gasteiger partial charge in [-0.1, -0.05) is 0 Å². The molecular weight excluding hydrogens is 436 g/mol. The SMILES string of the molecule is C[C@@H]1CN(C(=O)[C@H]2CCc3c(sc4ncnc(Nc5ccn6nccc6c5)c34)C2)C[C@H](C)O1. The monoisotopic (exact) mass is 462 g/mol. The fraction of sp³-hybridized carbons (Fsp3) is 0.417. The highest BCUT2D eigenvalue weighted by molar-refractivity contribution is 7.19. The Kier molecular flexibility index (Phi) is 5.03. The number of hydrogen-bond acceptors (Lipinski definition) is 7. The number of thiophene rings is 1. The van der Waals surface area contributed by atoms with Crippen LogP contribution in [0.25, 0.3) is 15.7 Å². The quantitative estimate of drug-likeness (QED) is 0.498. The molecule has 5 heterocycles. The number of aromatic nitrogens is 4. The molecule has 170 valence electrons. The van der Waals surface area contributed by atoms with Crippen molar-refractivity contribution in [3.8, 4) is 0 Å². The van der Waals surface area contributed by atoms with Gasteiger partial charge in [-0.05, 0) is 56.9 Å². The summed E-state index contributed by atoms with van der Waals surface area (Å²) in [7, 11) is 0. The second-order valence-electron chi connectivity index (χ2n) is 9.09. The number of nitrogens with zero attached hydrogens (tertiary/aromatic N) is 5. The van der Waals surface area contributed by atoms with Crippen LogP contribution < -0.4 is 5.32 Å². The van der Waals surface area contributed by atoms with Gasteiger partial charge in [0, 0.05) is 42.0 Å². The summed E-state index contributed by atoms with van der Waals surface area (Å²) in [5.74, 6) is 1.11. The summed E-state index contributed by atoms with van der Waals surface area (Å²) < 4.78 is 7.65. The van der Waals surface area contributed by atoms with Crippen molar-refractivity contribution < 1.29 is 9.53 Å². The number of carbonyl (C=O) groups is 1. The molecule has 0 aromatic carbocycles. The van der Waals surface area contributed by atoms with Crippen LogP contribution in [0.1, 0.15) is 30.7 Å². The summed E-state index contributed by atoms with van der Waals surface area (Å²) in [6, 6.07) is 6.02. The van der Waals surface area contributed by atoms with E-state index in [4.69, 9.17) is 4.74 Å². The molecule has 0 radical (unpaired) electrons. The zero-order valence-corrected chi connectivity index (χ0v) is 19.5. The molecule has 1 amide bonds. The van der Waals surface area contributed by atoms with Crippen molar-refractivity contribution in [2.75, 3.05) is 18.4 Å². The Morgan fingerprint density at radius 2 is 2.06 bits per heavy atom. The van der Waals surface area contributed by atoms with Crippen molar-refractivity contribution in [2.24, 2.45) is 5.92 Å². The predicted octanol–water partition coefficient (Wildman–Crippen LogP) is 3.82. The van der Waals surface area contributed by atoms with Crippen molar-refractivity contribution in [2.45, 2.75) is 45.3 Å². The van der Waals surface area contributed by atoms with Gasteiger partial charge in [0.2, 0.25) is 5.91 Å². The first kappa shape index (κ1) is 20.6. The van der Waals surface area contributed by atoms with Gasteiger partial charge in [0.15, 0.2) is 0 Å². The van der Waals surface area contributed by atoms with E-state index in [-0.39, 0.29) is 24.0 Å². The van der Waals surface area contributed by atoms with Gasteiger partial charge in [0.25, 0.3) is 0 Å². The Bertz CT molecular complexity index is 1340. The second-order valence-corrected chi connectivity index (χ2v) is 10.2. The molecule has 1 aliphatic carbocycles. The van der Waals surface area contributed by atoms with Gasteiger partial charge in [-0.3, -0.25) is 4.79 Å². The highest BCUT2D eigenvalue weighted by Crippen LogP contribution is 2.41. The van der Waals surface area contributed by atoms with E-state index in [0.29, 0.717) is 13.1 Å². The van der Waals surface area contributed by atoms with E-state index < -0.39 is 0 Å². The predicted molar refractivity (Wildman–Crippen MR) is 128 cm³/mol. The van der Waals surface area contributed by atoms with Crippen molar-refractivity contribution in [1.82, 2.24) is 24.5 Å². The van der Waals surface area contributed by atoms with Gasteiger partial charge in [0.05, 0.1) is 23.1 Å². The van der Waals surface area contributed by atoms with Crippen LogP contribution in [0.2, 0.25) is 0 Å². The van der Waals surface area contributed by atoms with Gasteiger partial charge in [-0.15, -0.1) is 11.3 Å². The summed E-state index contributed by atoms with van der Waals surface area (Å²) >= 11 is 1.70. The maximum Gasteiger partial charge on any atom is 0.226 e. The van der Waals surface area contributed by atoms with Crippen molar-refractivity contribution >= 4 is 44.5 Å². The number of hydrogen-bond donors (Lipinski definition) is 1. The number of morpholine rings is 1. The lowest BCUT2D eigenvalue weighted by Crippen LogP contribution is -2.50. The van der Waals surface area contributed by atoms with Gasteiger partial charge in [-0.25, -0.2) is 14.5 Å². The third-order valence-electron chi connectivity index (χ3n) is 6.59. The van der Waals surface area contributed by atoms with E-state index in [2.05, 4.69) is 26.4 Å². The molecule has 4 aromatic heterocycles. The molecule has 4 aromatic rings. The van der Waals surface area contributed by atoms with Gasteiger partial charge in [-0.2, -0.15) is 5.10 Å². The molecule has 6 rings (SSSR count). The molecule has 2 aliphatic rings. The zero-order valence-electron chi connectivity index (χ0n) is 18.7. The smallest absolute Gasteiger partial charge is 0.226 e. The fourth-order valence-corrected chi connectivity index (χ4v) is 6.44. The van der Waals surface area contributed by atoms with E-state index in [1.165, 1.54) is 10.4 Å². The number of nitrogens with one attached hydrogen (secondary N) is 1. The molecule has 3 atom stereocenters.